The molecule has 0 saturated carbocycles. The predicted octanol–water partition coefficient (Wildman–Crippen LogP) is 21.4. The highest BCUT2D eigenvalue weighted by Gasteiger charge is 2.48. The maximum atomic E-state index is 7.36. The van der Waals surface area contributed by atoms with Crippen LogP contribution in [0.25, 0.3) is 55.3 Å². The Hall–Kier alpha value is -9.18. The molecular weight excluding hydrogens is 969 g/mol. The zero-order valence-corrected chi connectivity index (χ0v) is 47.1. The van der Waals surface area contributed by atoms with Crippen molar-refractivity contribution in [2.24, 2.45) is 0 Å². The summed E-state index contributed by atoms with van der Waals surface area (Å²) in [6, 6.07) is 94.6. The lowest BCUT2D eigenvalue weighted by Gasteiger charge is -2.36. The van der Waals surface area contributed by atoms with E-state index in [1.165, 1.54) is 77.9 Å². The van der Waals surface area contributed by atoms with Crippen molar-refractivity contribution in [2.75, 3.05) is 9.80 Å². The Balaban J connectivity index is 1.14. The Bertz CT molecular complexity index is 4200. The molecule has 3 heteroatoms. The van der Waals surface area contributed by atoms with Crippen LogP contribution in [0.1, 0.15) is 86.1 Å². The quantitative estimate of drug-likeness (QED) is 0.136. The van der Waals surface area contributed by atoms with Gasteiger partial charge in [0.05, 0.1) is 11.1 Å². The third-order valence-corrected chi connectivity index (χ3v) is 16.7. The average Bonchev–Trinajstić information content (AvgIpc) is 4.00. The molecule has 3 nitrogen and oxygen atoms in total. The van der Waals surface area contributed by atoms with Crippen LogP contribution in [-0.4, -0.2) is 0 Å². The van der Waals surface area contributed by atoms with Gasteiger partial charge in [0.1, 0.15) is 5.58 Å². The normalized spacial score (nSPS) is 12.8. The summed E-state index contributed by atoms with van der Waals surface area (Å²) in [6.45, 7) is 18.1. The number of anilines is 6. The highest BCUT2D eigenvalue weighted by atomic mass is 16.3. The predicted molar refractivity (Wildman–Crippen MR) is 338 cm³/mol. The highest BCUT2D eigenvalue weighted by molar-refractivity contribution is 6.20. The van der Waals surface area contributed by atoms with Crippen LogP contribution in [0.5, 0.6) is 0 Å². The Morgan fingerprint density at radius 1 is 0.362 bits per heavy atom. The van der Waals surface area contributed by atoms with Crippen LogP contribution in [0, 0.1) is 13.8 Å². The highest BCUT2D eigenvalue weighted by Crippen LogP contribution is 2.62. The molecule has 1 aromatic heterocycles. The van der Waals surface area contributed by atoms with Crippen LogP contribution in [0.15, 0.2) is 259 Å². The minimum absolute atomic E-state index is 0.00540. The SMILES string of the molecule is Cc1ccc(N(c2ccc(C(C)(C)C)cc2)c2ccc3c(c2)C(c2ccccc2)(c2ccccc2)c2cc(N(c4ccc(C(C)(C)C)cc4)c4ccc(C)c(-c5ccccc5)c4)c4oc5ccccc5c4c2-3)cc1-c1ccccc1. The molecule has 1 aliphatic carbocycles. The van der Waals surface area contributed by atoms with E-state index in [-0.39, 0.29) is 10.8 Å². The maximum absolute atomic E-state index is 7.36. The topological polar surface area (TPSA) is 19.6 Å². The molecule has 1 aliphatic rings. The zero-order valence-electron chi connectivity index (χ0n) is 47.1. The number of para-hydroxylation sites is 1. The summed E-state index contributed by atoms with van der Waals surface area (Å²) in [6.07, 6.45) is 0. The lowest BCUT2D eigenvalue weighted by atomic mass is 9.67. The van der Waals surface area contributed by atoms with E-state index in [0.717, 1.165) is 56.1 Å². The van der Waals surface area contributed by atoms with Crippen LogP contribution in [0.4, 0.5) is 34.1 Å². The number of rotatable bonds is 10. The number of hydrogen-bond donors (Lipinski definition) is 0. The van der Waals surface area contributed by atoms with Gasteiger partial charge in [-0.1, -0.05) is 224 Å². The van der Waals surface area contributed by atoms with E-state index in [1.807, 2.05) is 0 Å². The first-order chi connectivity index (χ1) is 38.8. The van der Waals surface area contributed by atoms with E-state index in [2.05, 4.69) is 320 Å². The van der Waals surface area contributed by atoms with E-state index in [0.29, 0.717) is 0 Å². The fraction of sp³-hybridized carbons (Fsp3) is 0.143. The lowest BCUT2D eigenvalue weighted by molar-refractivity contribution is 0.590. The molecule has 0 unspecified atom stereocenters. The van der Waals surface area contributed by atoms with Crippen LogP contribution < -0.4 is 9.80 Å². The van der Waals surface area contributed by atoms with Gasteiger partial charge in [0, 0.05) is 39.2 Å². The zero-order chi connectivity index (χ0) is 54.9. The Morgan fingerprint density at radius 3 is 1.30 bits per heavy atom. The summed E-state index contributed by atoms with van der Waals surface area (Å²) in [7, 11) is 0. The van der Waals surface area contributed by atoms with Gasteiger partial charge in [-0.2, -0.15) is 0 Å². The van der Waals surface area contributed by atoms with E-state index in [4.69, 9.17) is 4.42 Å². The van der Waals surface area contributed by atoms with Gasteiger partial charge in [-0.25, -0.2) is 0 Å². The van der Waals surface area contributed by atoms with Crippen molar-refractivity contribution in [1.29, 1.82) is 0 Å². The molecule has 390 valence electrons. The molecule has 12 aromatic rings. The van der Waals surface area contributed by atoms with Crippen molar-refractivity contribution >= 4 is 56.1 Å². The first-order valence-corrected chi connectivity index (χ1v) is 28.2. The second-order valence-electron chi connectivity index (χ2n) is 23.8. The second kappa shape index (κ2) is 19.6. The first-order valence-electron chi connectivity index (χ1n) is 28.2. The van der Waals surface area contributed by atoms with Crippen molar-refractivity contribution in [3.63, 3.8) is 0 Å². The minimum atomic E-state index is -0.793. The lowest BCUT2D eigenvalue weighted by Crippen LogP contribution is -2.29. The van der Waals surface area contributed by atoms with E-state index in [1.54, 1.807) is 0 Å². The standard InChI is InChI=1S/C77H66N2O/c1-51-33-39-61(47-66(51)53-23-13-9-14-24-53)78(59-41-35-55(36-42-59)75(3,4)5)63-45-46-64-68(49-63)77(57-27-17-11-18-28-57,58-29-19-12-20-30-58)69-50-70(74-73(72(64)69)65-31-21-22-32-71(65)80-74)79(60-43-37-56(38-44-60)76(6,7)8)62-40-34-52(2)67(48-62)54-25-15-10-16-26-54/h9-50H,1-8H3. The van der Waals surface area contributed by atoms with Gasteiger partial charge in [0.25, 0.3) is 0 Å². The molecular formula is C77H66N2O. The molecule has 0 fully saturated rings. The molecule has 0 atom stereocenters. The fourth-order valence-electron chi connectivity index (χ4n) is 12.6. The van der Waals surface area contributed by atoms with Gasteiger partial charge in [-0.05, 0) is 175 Å². The molecule has 1 heterocycles. The van der Waals surface area contributed by atoms with E-state index >= 15 is 0 Å². The molecule has 0 saturated heterocycles. The summed E-state index contributed by atoms with van der Waals surface area (Å²) in [4.78, 5) is 4.91. The minimum Gasteiger partial charge on any atom is -0.454 e. The molecule has 0 spiro atoms. The van der Waals surface area contributed by atoms with Crippen molar-refractivity contribution < 1.29 is 4.42 Å². The third kappa shape index (κ3) is 8.51. The van der Waals surface area contributed by atoms with Gasteiger partial charge >= 0.3 is 0 Å². The number of hydrogen-bond acceptors (Lipinski definition) is 3. The first kappa shape index (κ1) is 50.3. The number of aryl methyl sites for hydroxylation is 2. The summed E-state index contributed by atoms with van der Waals surface area (Å²) in [5.41, 5.74) is 24.1. The fourth-order valence-corrected chi connectivity index (χ4v) is 12.6. The molecule has 11 aromatic carbocycles. The van der Waals surface area contributed by atoms with Crippen molar-refractivity contribution in [3.05, 3.63) is 299 Å². The molecule has 0 bridgehead atoms. The van der Waals surface area contributed by atoms with E-state index in [9.17, 15) is 0 Å². The Morgan fingerprint density at radius 2 is 0.787 bits per heavy atom. The molecule has 0 radical (unpaired) electrons. The Labute approximate surface area is 472 Å². The molecule has 0 amide bonds. The second-order valence-corrected chi connectivity index (χ2v) is 23.8. The van der Waals surface area contributed by atoms with E-state index < -0.39 is 5.41 Å². The van der Waals surface area contributed by atoms with Gasteiger partial charge in [0.2, 0.25) is 0 Å². The number of nitrogens with zero attached hydrogens (tertiary/aromatic N) is 2. The van der Waals surface area contributed by atoms with Crippen LogP contribution in [0.2, 0.25) is 0 Å². The molecule has 0 aliphatic heterocycles. The van der Waals surface area contributed by atoms with Crippen LogP contribution in [-0.2, 0) is 16.2 Å². The molecule has 0 N–H and O–H groups in total. The number of benzene rings is 11. The molecule has 13 rings (SSSR count). The van der Waals surface area contributed by atoms with Crippen molar-refractivity contribution in [1.82, 2.24) is 0 Å². The summed E-state index contributed by atoms with van der Waals surface area (Å²) < 4.78 is 7.36. The average molecular weight is 1040 g/mol. The van der Waals surface area contributed by atoms with Gasteiger partial charge in [-0.3, -0.25) is 0 Å². The van der Waals surface area contributed by atoms with Gasteiger partial charge < -0.3 is 14.2 Å². The van der Waals surface area contributed by atoms with Gasteiger partial charge in [0.15, 0.2) is 5.58 Å². The summed E-state index contributed by atoms with van der Waals surface area (Å²) >= 11 is 0. The molecule has 80 heavy (non-hydrogen) atoms. The van der Waals surface area contributed by atoms with Gasteiger partial charge in [-0.15, -0.1) is 0 Å². The number of furan rings is 1. The smallest absolute Gasteiger partial charge is 0.160 e. The van der Waals surface area contributed by atoms with Crippen LogP contribution in [0.3, 0.4) is 0 Å². The van der Waals surface area contributed by atoms with Crippen LogP contribution >= 0.6 is 0 Å². The van der Waals surface area contributed by atoms with Crippen molar-refractivity contribution in [2.45, 2.75) is 71.6 Å². The monoisotopic (exact) mass is 1030 g/mol. The number of fused-ring (bicyclic) bond motifs is 7. The summed E-state index contributed by atoms with van der Waals surface area (Å²) in [5.74, 6) is 0. The Kier molecular flexibility index (Phi) is 12.3. The maximum Gasteiger partial charge on any atom is 0.160 e. The van der Waals surface area contributed by atoms with Crippen molar-refractivity contribution in [3.8, 4) is 33.4 Å². The third-order valence-electron chi connectivity index (χ3n) is 16.7. The largest absolute Gasteiger partial charge is 0.454 e. The summed E-state index contributed by atoms with van der Waals surface area (Å²) in [5, 5.41) is 2.18.